The molecule has 1 aliphatic heterocycles. The molecule has 0 saturated carbocycles. The maximum absolute atomic E-state index is 12.5. The van der Waals surface area contributed by atoms with Gasteiger partial charge in [0.05, 0.1) is 6.54 Å². The maximum Gasteiger partial charge on any atom is 0.253 e. The average Bonchev–Trinajstić information content (AvgIpc) is 2.94. The van der Waals surface area contributed by atoms with E-state index in [0.29, 0.717) is 17.8 Å². The van der Waals surface area contributed by atoms with E-state index < -0.39 is 0 Å². The molecule has 7 heteroatoms. The van der Waals surface area contributed by atoms with E-state index in [1.54, 1.807) is 38.4 Å². The molecule has 3 rings (SSSR count). The highest BCUT2D eigenvalue weighted by Gasteiger charge is 2.17. The van der Waals surface area contributed by atoms with Gasteiger partial charge in [0.15, 0.2) is 0 Å². The highest BCUT2D eigenvalue weighted by Crippen LogP contribution is 2.14. The molecule has 0 bridgehead atoms. The van der Waals surface area contributed by atoms with Gasteiger partial charge < -0.3 is 10.2 Å². The normalized spacial score (nSPS) is 15.4. The van der Waals surface area contributed by atoms with Crippen LogP contribution in [-0.2, 0) is 11.3 Å². The number of hydrogen-bond acceptors (Lipinski definition) is 4. The number of halogens is 1. The lowest BCUT2D eigenvalue weighted by molar-refractivity contribution is -0.117. The van der Waals surface area contributed by atoms with Crippen molar-refractivity contribution in [3.05, 3.63) is 64.7 Å². The summed E-state index contributed by atoms with van der Waals surface area (Å²) in [6.45, 7) is 4.97. The fourth-order valence-electron chi connectivity index (χ4n) is 3.55. The fraction of sp³-hybridized carbons (Fsp3) is 0.391. The first-order valence-electron chi connectivity index (χ1n) is 10.2. The van der Waals surface area contributed by atoms with Crippen LogP contribution >= 0.6 is 11.6 Å². The van der Waals surface area contributed by atoms with Crippen molar-refractivity contribution >= 4 is 29.1 Å². The number of nitrogens with zero attached hydrogens (tertiary/aromatic N) is 3. The Bertz CT molecular complexity index is 853. The summed E-state index contributed by atoms with van der Waals surface area (Å²) in [7, 11) is 3.44. The van der Waals surface area contributed by atoms with Gasteiger partial charge in [-0.2, -0.15) is 0 Å². The first-order valence-corrected chi connectivity index (χ1v) is 10.6. The number of amides is 2. The number of carbonyl (C=O) groups is 2. The molecule has 2 aromatic carbocycles. The van der Waals surface area contributed by atoms with E-state index in [4.69, 9.17) is 11.6 Å². The highest BCUT2D eigenvalue weighted by molar-refractivity contribution is 6.30. The van der Waals surface area contributed by atoms with Crippen LogP contribution in [0.15, 0.2) is 48.5 Å². The third-order valence-corrected chi connectivity index (χ3v) is 5.44. The van der Waals surface area contributed by atoms with Crippen molar-refractivity contribution in [1.29, 1.82) is 0 Å². The van der Waals surface area contributed by atoms with Crippen molar-refractivity contribution in [2.45, 2.75) is 13.0 Å². The molecule has 2 aromatic rings. The van der Waals surface area contributed by atoms with Gasteiger partial charge in [0, 0.05) is 50.0 Å². The summed E-state index contributed by atoms with van der Waals surface area (Å²) < 4.78 is 0. The van der Waals surface area contributed by atoms with E-state index in [-0.39, 0.29) is 11.8 Å². The van der Waals surface area contributed by atoms with Crippen molar-refractivity contribution in [2.75, 3.05) is 52.1 Å². The molecular weight excluding hydrogens is 400 g/mol. The fourth-order valence-corrected chi connectivity index (χ4v) is 3.67. The lowest BCUT2D eigenvalue weighted by atomic mass is 10.2. The molecule has 0 unspecified atom stereocenters. The minimum Gasteiger partial charge on any atom is -0.345 e. The molecule has 160 valence electrons. The van der Waals surface area contributed by atoms with Crippen LogP contribution in [0.25, 0.3) is 0 Å². The lowest BCUT2D eigenvalue weighted by Gasteiger charge is -2.21. The highest BCUT2D eigenvalue weighted by atomic mass is 35.5. The first-order chi connectivity index (χ1) is 14.4. The van der Waals surface area contributed by atoms with Gasteiger partial charge in [0.1, 0.15) is 0 Å². The monoisotopic (exact) mass is 428 g/mol. The minimum absolute atomic E-state index is 0.0344. The van der Waals surface area contributed by atoms with E-state index in [9.17, 15) is 9.59 Å². The zero-order valence-corrected chi connectivity index (χ0v) is 18.4. The molecule has 1 saturated heterocycles. The Balaban J connectivity index is 1.46. The molecule has 1 fully saturated rings. The van der Waals surface area contributed by atoms with Crippen LogP contribution in [0.5, 0.6) is 0 Å². The van der Waals surface area contributed by atoms with Crippen molar-refractivity contribution in [2.24, 2.45) is 0 Å². The van der Waals surface area contributed by atoms with E-state index >= 15 is 0 Å². The Labute approximate surface area is 183 Å². The zero-order valence-electron chi connectivity index (χ0n) is 17.6. The third kappa shape index (κ3) is 6.55. The number of carbonyl (C=O) groups excluding carboxylic acids is 2. The molecule has 0 atom stereocenters. The third-order valence-electron chi connectivity index (χ3n) is 5.19. The standard InChI is InChI=1S/C23H29ClN4O2/c1-26(2)23(30)19-6-10-21(11-7-19)25-22(29)17-28-13-3-12-27(14-15-28)16-18-4-8-20(24)9-5-18/h4-11H,3,12-17H2,1-2H3,(H,25,29). The molecule has 1 heterocycles. The van der Waals surface area contributed by atoms with E-state index in [0.717, 1.165) is 44.2 Å². The Kier molecular flexibility index (Phi) is 7.85. The average molecular weight is 429 g/mol. The summed E-state index contributed by atoms with van der Waals surface area (Å²) in [5.41, 5.74) is 2.56. The van der Waals surface area contributed by atoms with Crippen LogP contribution in [0.3, 0.4) is 0 Å². The van der Waals surface area contributed by atoms with Crippen molar-refractivity contribution in [3.8, 4) is 0 Å². The molecule has 0 aromatic heterocycles. The van der Waals surface area contributed by atoms with E-state index in [2.05, 4.69) is 27.2 Å². The second kappa shape index (κ2) is 10.6. The topological polar surface area (TPSA) is 55.9 Å². The maximum atomic E-state index is 12.5. The van der Waals surface area contributed by atoms with Crippen molar-refractivity contribution in [1.82, 2.24) is 14.7 Å². The van der Waals surface area contributed by atoms with Gasteiger partial charge in [0.25, 0.3) is 5.91 Å². The number of benzene rings is 2. The molecular formula is C23H29ClN4O2. The van der Waals surface area contributed by atoms with E-state index in [1.165, 1.54) is 10.5 Å². The molecule has 1 aliphatic rings. The lowest BCUT2D eigenvalue weighted by Crippen LogP contribution is -2.36. The van der Waals surface area contributed by atoms with Crippen LogP contribution in [0.1, 0.15) is 22.3 Å². The van der Waals surface area contributed by atoms with Gasteiger partial charge >= 0.3 is 0 Å². The summed E-state index contributed by atoms with van der Waals surface area (Å²) >= 11 is 5.97. The predicted molar refractivity (Wildman–Crippen MR) is 121 cm³/mol. The Hall–Kier alpha value is -2.41. The number of hydrogen-bond donors (Lipinski definition) is 1. The Morgan fingerprint density at radius 1 is 0.933 bits per heavy atom. The summed E-state index contributed by atoms with van der Waals surface area (Å²) in [4.78, 5) is 30.6. The van der Waals surface area contributed by atoms with Crippen molar-refractivity contribution in [3.63, 3.8) is 0 Å². The molecule has 1 N–H and O–H groups in total. The van der Waals surface area contributed by atoms with Gasteiger partial charge in [0.2, 0.25) is 5.91 Å². The summed E-state index contributed by atoms with van der Waals surface area (Å²) in [6, 6.07) is 15.0. The van der Waals surface area contributed by atoms with Gasteiger partial charge in [-0.1, -0.05) is 23.7 Å². The van der Waals surface area contributed by atoms with Gasteiger partial charge in [-0.25, -0.2) is 0 Å². The largest absolute Gasteiger partial charge is 0.345 e. The number of nitrogens with one attached hydrogen (secondary N) is 1. The van der Waals surface area contributed by atoms with Gasteiger partial charge in [-0.3, -0.25) is 19.4 Å². The predicted octanol–water partition coefficient (Wildman–Crippen LogP) is 3.19. The summed E-state index contributed by atoms with van der Waals surface area (Å²) in [5.74, 6) is -0.0894. The second-order valence-electron chi connectivity index (χ2n) is 7.86. The summed E-state index contributed by atoms with van der Waals surface area (Å²) in [6.07, 6.45) is 1.03. The van der Waals surface area contributed by atoms with Crippen LogP contribution < -0.4 is 5.32 Å². The molecule has 0 radical (unpaired) electrons. The number of anilines is 1. The van der Waals surface area contributed by atoms with Gasteiger partial charge in [-0.15, -0.1) is 0 Å². The second-order valence-corrected chi connectivity index (χ2v) is 8.29. The smallest absolute Gasteiger partial charge is 0.253 e. The summed E-state index contributed by atoms with van der Waals surface area (Å²) in [5, 5.41) is 3.69. The molecule has 30 heavy (non-hydrogen) atoms. The first kappa shape index (κ1) is 22.3. The van der Waals surface area contributed by atoms with Crippen LogP contribution in [0.2, 0.25) is 5.02 Å². The Morgan fingerprint density at radius 3 is 2.23 bits per heavy atom. The van der Waals surface area contributed by atoms with Crippen LogP contribution in [-0.4, -0.2) is 73.3 Å². The minimum atomic E-state index is -0.0550. The quantitative estimate of drug-likeness (QED) is 0.767. The zero-order chi connectivity index (χ0) is 21.5. The van der Waals surface area contributed by atoms with Crippen LogP contribution in [0, 0.1) is 0 Å². The van der Waals surface area contributed by atoms with Crippen molar-refractivity contribution < 1.29 is 9.59 Å². The van der Waals surface area contributed by atoms with E-state index in [1.807, 2.05) is 12.1 Å². The Morgan fingerprint density at radius 2 is 1.57 bits per heavy atom. The van der Waals surface area contributed by atoms with Crippen LogP contribution in [0.4, 0.5) is 5.69 Å². The molecule has 0 aliphatic carbocycles. The van der Waals surface area contributed by atoms with Gasteiger partial charge in [-0.05, 0) is 61.5 Å². The molecule has 2 amide bonds. The molecule has 0 spiro atoms. The molecule has 6 nitrogen and oxygen atoms in total. The SMILES string of the molecule is CN(C)C(=O)c1ccc(NC(=O)CN2CCCN(Cc3ccc(Cl)cc3)CC2)cc1. The number of rotatable bonds is 6.